The van der Waals surface area contributed by atoms with Crippen molar-refractivity contribution in [1.82, 2.24) is 5.43 Å². The lowest BCUT2D eigenvalue weighted by Gasteiger charge is -2.13. The number of rotatable bonds is 8. The minimum absolute atomic E-state index is 0.242. The number of hydrogen-bond acceptors (Lipinski definition) is 6. The minimum Gasteiger partial charge on any atom is -0.490 e. The van der Waals surface area contributed by atoms with Crippen molar-refractivity contribution in [2.75, 3.05) is 20.3 Å². The first kappa shape index (κ1) is 21.7. The molecule has 2 aromatic carbocycles. The van der Waals surface area contributed by atoms with Crippen LogP contribution in [0.25, 0.3) is 0 Å². The first-order chi connectivity index (χ1) is 13.4. The number of hydrogen-bond donors (Lipinski definition) is 1. The Balaban J connectivity index is 2.12. The van der Waals surface area contributed by atoms with Gasteiger partial charge in [-0.2, -0.15) is 5.10 Å². The summed E-state index contributed by atoms with van der Waals surface area (Å²) in [5.74, 6) is -0.0669. The smallest absolute Gasteiger partial charge is 0.343 e. The number of carbonyl (C=O) groups excluding carboxylic acids is 2. The molecule has 0 bridgehead atoms. The molecule has 0 aliphatic carbocycles. The summed E-state index contributed by atoms with van der Waals surface area (Å²) in [5.41, 5.74) is 3.52. The second-order valence-electron chi connectivity index (χ2n) is 5.32. The molecular weight excluding hydrogens is 452 g/mol. The Morgan fingerprint density at radius 2 is 1.86 bits per heavy atom. The van der Waals surface area contributed by atoms with E-state index < -0.39 is 5.97 Å². The van der Waals surface area contributed by atoms with E-state index in [0.29, 0.717) is 38.7 Å². The first-order valence-corrected chi connectivity index (χ1v) is 9.36. The fourth-order valence-corrected chi connectivity index (χ4v) is 2.60. The Morgan fingerprint density at radius 3 is 2.50 bits per heavy atom. The van der Waals surface area contributed by atoms with Crippen molar-refractivity contribution in [3.8, 4) is 11.5 Å². The van der Waals surface area contributed by atoms with Gasteiger partial charge in [0.15, 0.2) is 18.1 Å². The molecule has 0 spiro atoms. The SMILES string of the molecule is CCOc1cc(/C=N\NC(=O)c2ccc(Cl)cc2)c(Br)cc1OCC(=O)OC. The van der Waals surface area contributed by atoms with E-state index in [0.717, 1.165) is 0 Å². The quantitative estimate of drug-likeness (QED) is 0.361. The van der Waals surface area contributed by atoms with Crippen LogP contribution in [0.2, 0.25) is 5.02 Å². The Kier molecular flexibility index (Phi) is 8.28. The lowest BCUT2D eigenvalue weighted by atomic mass is 10.2. The summed E-state index contributed by atoms with van der Waals surface area (Å²) in [6.45, 7) is 1.99. The van der Waals surface area contributed by atoms with Crippen molar-refractivity contribution in [3.63, 3.8) is 0 Å². The van der Waals surface area contributed by atoms with Gasteiger partial charge in [-0.3, -0.25) is 4.79 Å². The summed E-state index contributed by atoms with van der Waals surface area (Å²) in [5, 5.41) is 4.51. The molecule has 0 radical (unpaired) electrons. The highest BCUT2D eigenvalue weighted by Crippen LogP contribution is 2.33. The van der Waals surface area contributed by atoms with Crippen molar-refractivity contribution < 1.29 is 23.8 Å². The van der Waals surface area contributed by atoms with Gasteiger partial charge in [0.25, 0.3) is 5.91 Å². The molecule has 0 aliphatic heterocycles. The van der Waals surface area contributed by atoms with E-state index in [9.17, 15) is 9.59 Å². The van der Waals surface area contributed by atoms with Crippen LogP contribution in [0.4, 0.5) is 0 Å². The average molecular weight is 470 g/mol. The Hall–Kier alpha value is -2.58. The topological polar surface area (TPSA) is 86.2 Å². The van der Waals surface area contributed by atoms with Crippen LogP contribution in [0.3, 0.4) is 0 Å². The van der Waals surface area contributed by atoms with E-state index in [2.05, 4.69) is 31.2 Å². The molecule has 2 rings (SSSR count). The highest BCUT2D eigenvalue weighted by atomic mass is 79.9. The van der Waals surface area contributed by atoms with E-state index >= 15 is 0 Å². The number of halogens is 2. The standard InChI is InChI=1S/C19H18BrClN2O5/c1-3-27-16-8-13(15(20)9-17(16)28-11-18(24)26-2)10-22-23-19(25)12-4-6-14(21)7-5-12/h4-10H,3,11H2,1-2H3,(H,23,25)/b22-10-. The Bertz CT molecular complexity index is 871. The van der Waals surface area contributed by atoms with Gasteiger partial charge in [0.1, 0.15) is 0 Å². The summed E-state index contributed by atoms with van der Waals surface area (Å²) in [7, 11) is 1.28. The van der Waals surface area contributed by atoms with Gasteiger partial charge in [-0.1, -0.05) is 11.6 Å². The van der Waals surface area contributed by atoms with Gasteiger partial charge in [-0.05, 0) is 59.3 Å². The fraction of sp³-hybridized carbons (Fsp3) is 0.211. The van der Waals surface area contributed by atoms with Gasteiger partial charge in [0.05, 0.1) is 19.9 Å². The fourth-order valence-electron chi connectivity index (χ4n) is 2.05. The third kappa shape index (κ3) is 6.24. The monoisotopic (exact) mass is 468 g/mol. The number of benzene rings is 2. The maximum atomic E-state index is 12.1. The van der Waals surface area contributed by atoms with Crippen molar-refractivity contribution in [2.45, 2.75) is 6.92 Å². The van der Waals surface area contributed by atoms with Crippen LogP contribution in [0.15, 0.2) is 46.0 Å². The molecule has 148 valence electrons. The van der Waals surface area contributed by atoms with E-state index in [-0.39, 0.29) is 12.5 Å². The lowest BCUT2D eigenvalue weighted by molar-refractivity contribution is -0.142. The van der Waals surface area contributed by atoms with E-state index in [1.165, 1.54) is 13.3 Å². The van der Waals surface area contributed by atoms with Crippen LogP contribution in [-0.4, -0.2) is 38.4 Å². The van der Waals surface area contributed by atoms with Crippen molar-refractivity contribution in [2.24, 2.45) is 5.10 Å². The van der Waals surface area contributed by atoms with E-state index in [1.54, 1.807) is 36.4 Å². The molecule has 0 saturated carbocycles. The maximum absolute atomic E-state index is 12.1. The van der Waals surface area contributed by atoms with Crippen LogP contribution in [-0.2, 0) is 9.53 Å². The predicted molar refractivity (Wildman–Crippen MR) is 109 cm³/mol. The molecule has 1 N–H and O–H groups in total. The summed E-state index contributed by atoms with van der Waals surface area (Å²) in [4.78, 5) is 23.3. The highest BCUT2D eigenvalue weighted by molar-refractivity contribution is 9.10. The summed E-state index contributed by atoms with van der Waals surface area (Å²) >= 11 is 9.21. The molecule has 2 aromatic rings. The lowest BCUT2D eigenvalue weighted by Crippen LogP contribution is -2.17. The van der Waals surface area contributed by atoms with Gasteiger partial charge in [-0.25, -0.2) is 10.2 Å². The van der Waals surface area contributed by atoms with Crippen molar-refractivity contribution in [1.29, 1.82) is 0 Å². The summed E-state index contributed by atoms with van der Waals surface area (Å²) < 4.78 is 16.2. The van der Waals surface area contributed by atoms with Crippen LogP contribution < -0.4 is 14.9 Å². The number of carbonyl (C=O) groups is 2. The molecule has 28 heavy (non-hydrogen) atoms. The number of nitrogens with zero attached hydrogens (tertiary/aromatic N) is 1. The Labute approximate surface area is 175 Å². The molecule has 9 heteroatoms. The number of ether oxygens (including phenoxy) is 3. The van der Waals surface area contributed by atoms with Crippen molar-refractivity contribution >= 4 is 45.6 Å². The number of esters is 1. The van der Waals surface area contributed by atoms with Crippen molar-refractivity contribution in [3.05, 3.63) is 57.0 Å². The number of methoxy groups -OCH3 is 1. The Morgan fingerprint density at radius 1 is 1.18 bits per heavy atom. The summed E-state index contributed by atoms with van der Waals surface area (Å²) in [6.07, 6.45) is 1.46. The summed E-state index contributed by atoms with van der Waals surface area (Å²) in [6, 6.07) is 9.78. The molecule has 0 unspecified atom stereocenters. The predicted octanol–water partition coefficient (Wildman–Crippen LogP) is 3.82. The van der Waals surface area contributed by atoms with Crippen LogP contribution in [0, 0.1) is 0 Å². The zero-order valence-corrected chi connectivity index (χ0v) is 17.5. The highest BCUT2D eigenvalue weighted by Gasteiger charge is 2.12. The zero-order valence-electron chi connectivity index (χ0n) is 15.2. The molecule has 0 fully saturated rings. The van der Waals surface area contributed by atoms with Gasteiger partial charge >= 0.3 is 5.97 Å². The van der Waals surface area contributed by atoms with E-state index in [4.69, 9.17) is 21.1 Å². The number of hydrazone groups is 1. The van der Waals surface area contributed by atoms with Crippen LogP contribution >= 0.6 is 27.5 Å². The average Bonchev–Trinajstić information content (AvgIpc) is 2.69. The van der Waals surface area contributed by atoms with Gasteiger partial charge < -0.3 is 14.2 Å². The third-order valence-corrected chi connectivity index (χ3v) is 4.35. The molecule has 0 heterocycles. The molecule has 0 saturated heterocycles. The van der Waals surface area contributed by atoms with E-state index in [1.807, 2.05) is 6.92 Å². The van der Waals surface area contributed by atoms with Gasteiger partial charge in [0.2, 0.25) is 0 Å². The first-order valence-electron chi connectivity index (χ1n) is 8.19. The minimum atomic E-state index is -0.505. The van der Waals surface area contributed by atoms with Crippen LogP contribution in [0.5, 0.6) is 11.5 Å². The third-order valence-electron chi connectivity index (χ3n) is 3.41. The molecule has 0 atom stereocenters. The zero-order chi connectivity index (χ0) is 20.5. The number of nitrogens with one attached hydrogen (secondary N) is 1. The number of amides is 1. The molecule has 7 nitrogen and oxygen atoms in total. The second kappa shape index (κ2) is 10.7. The molecule has 1 amide bonds. The molecule has 0 aromatic heterocycles. The maximum Gasteiger partial charge on any atom is 0.343 e. The van der Waals surface area contributed by atoms with Crippen LogP contribution in [0.1, 0.15) is 22.8 Å². The van der Waals surface area contributed by atoms with Gasteiger partial charge in [-0.15, -0.1) is 0 Å². The second-order valence-corrected chi connectivity index (χ2v) is 6.62. The van der Waals surface area contributed by atoms with Gasteiger partial charge in [0, 0.05) is 20.6 Å². The normalized spacial score (nSPS) is 10.6. The molecule has 0 aliphatic rings. The molecular formula is C19H18BrClN2O5. The largest absolute Gasteiger partial charge is 0.490 e.